The summed E-state index contributed by atoms with van der Waals surface area (Å²) in [6.45, 7) is 0.787. The summed E-state index contributed by atoms with van der Waals surface area (Å²) in [6, 6.07) is 9.69. The van der Waals surface area contributed by atoms with Gasteiger partial charge in [0, 0.05) is 32.1 Å². The van der Waals surface area contributed by atoms with Gasteiger partial charge in [-0.3, -0.25) is 4.79 Å². The molecule has 0 atom stereocenters. The van der Waals surface area contributed by atoms with Crippen LogP contribution in [0.25, 0.3) is 0 Å². The van der Waals surface area contributed by atoms with Gasteiger partial charge in [-0.15, -0.1) is 4.40 Å². The first-order valence-corrected chi connectivity index (χ1v) is 12.0. The van der Waals surface area contributed by atoms with Crippen LogP contribution in [0.15, 0.2) is 45.7 Å². The van der Waals surface area contributed by atoms with Crippen LogP contribution in [0.5, 0.6) is 17.2 Å². The number of sulfonamides is 1. The van der Waals surface area contributed by atoms with Crippen LogP contribution in [0.2, 0.25) is 0 Å². The summed E-state index contributed by atoms with van der Waals surface area (Å²) < 4.78 is 45.5. The molecular formula is C23H29N3O6S. The maximum Gasteiger partial charge on any atom is 0.284 e. The van der Waals surface area contributed by atoms with Crippen LogP contribution in [-0.2, 0) is 21.2 Å². The molecule has 0 aliphatic carbocycles. The molecule has 1 heterocycles. The predicted octanol–water partition coefficient (Wildman–Crippen LogP) is 3.10. The van der Waals surface area contributed by atoms with E-state index >= 15 is 0 Å². The summed E-state index contributed by atoms with van der Waals surface area (Å²) in [5, 5.41) is 2.76. The number of nitrogens with zero attached hydrogens (tertiary/aromatic N) is 2. The van der Waals surface area contributed by atoms with Crippen molar-refractivity contribution >= 4 is 27.5 Å². The number of aryl methyl sites for hydroxylation is 1. The number of ether oxygens (including phenoxy) is 3. The second-order valence-corrected chi connectivity index (χ2v) is 9.18. The molecule has 9 nitrogen and oxygen atoms in total. The molecule has 3 rings (SSSR count). The monoisotopic (exact) mass is 475 g/mol. The zero-order valence-corrected chi connectivity index (χ0v) is 20.1. The Morgan fingerprint density at radius 3 is 2.48 bits per heavy atom. The van der Waals surface area contributed by atoms with Gasteiger partial charge in [0.15, 0.2) is 11.5 Å². The van der Waals surface area contributed by atoms with Crippen LogP contribution in [0.4, 0.5) is 5.69 Å². The van der Waals surface area contributed by atoms with Gasteiger partial charge in [0.1, 0.15) is 5.84 Å². The number of nitrogens with one attached hydrogen (secondary N) is 1. The number of methoxy groups -OCH3 is 3. The lowest BCUT2D eigenvalue weighted by molar-refractivity contribution is -0.116. The summed E-state index contributed by atoms with van der Waals surface area (Å²) in [5.41, 5.74) is 1.18. The second-order valence-electron chi connectivity index (χ2n) is 7.58. The maximum atomic E-state index is 12.7. The van der Waals surface area contributed by atoms with Gasteiger partial charge in [0.25, 0.3) is 10.0 Å². The Bertz CT molecular complexity index is 1150. The molecule has 1 N–H and O–H groups in total. The molecule has 10 heteroatoms. The van der Waals surface area contributed by atoms with Crippen molar-refractivity contribution in [2.24, 2.45) is 4.40 Å². The van der Waals surface area contributed by atoms with Gasteiger partial charge in [-0.2, -0.15) is 8.42 Å². The first kappa shape index (κ1) is 24.4. The number of amidine groups is 1. The average molecular weight is 476 g/mol. The Morgan fingerprint density at radius 1 is 1.09 bits per heavy atom. The molecule has 1 aliphatic heterocycles. The number of amides is 1. The summed E-state index contributed by atoms with van der Waals surface area (Å²) in [6.07, 6.45) is 2.07. The summed E-state index contributed by atoms with van der Waals surface area (Å²) in [7, 11) is 2.55. The van der Waals surface area contributed by atoms with Crippen molar-refractivity contribution in [3.63, 3.8) is 0 Å². The first-order chi connectivity index (χ1) is 15.8. The van der Waals surface area contributed by atoms with Gasteiger partial charge in [0.05, 0.1) is 26.2 Å². The third kappa shape index (κ3) is 5.75. The number of carbonyl (C=O) groups is 1. The van der Waals surface area contributed by atoms with Gasteiger partial charge in [0.2, 0.25) is 11.7 Å². The van der Waals surface area contributed by atoms with Crippen molar-refractivity contribution in [2.45, 2.75) is 30.6 Å². The Balaban J connectivity index is 1.70. The normalized spacial score (nSPS) is 14.9. The number of carbonyl (C=O) groups excluding carboxylic acids is 1. The Labute approximate surface area is 194 Å². The van der Waals surface area contributed by atoms with Crippen molar-refractivity contribution in [2.75, 3.05) is 40.2 Å². The lowest BCUT2D eigenvalue weighted by Gasteiger charge is -2.15. The molecule has 0 radical (unpaired) electrons. The number of rotatable bonds is 9. The fraction of sp³-hybridized carbons (Fsp3) is 0.391. The highest BCUT2D eigenvalue weighted by atomic mass is 32.2. The van der Waals surface area contributed by atoms with Crippen LogP contribution in [0.1, 0.15) is 24.8 Å². The molecule has 2 aromatic carbocycles. The quantitative estimate of drug-likeness (QED) is 0.594. The number of anilines is 1. The third-order valence-corrected chi connectivity index (χ3v) is 6.68. The van der Waals surface area contributed by atoms with Crippen molar-refractivity contribution in [1.82, 2.24) is 4.90 Å². The Kier molecular flexibility index (Phi) is 7.80. The molecule has 0 aromatic heterocycles. The maximum absolute atomic E-state index is 12.7. The van der Waals surface area contributed by atoms with Crippen LogP contribution in [0.3, 0.4) is 0 Å². The van der Waals surface area contributed by atoms with Crippen LogP contribution in [0, 0.1) is 0 Å². The van der Waals surface area contributed by atoms with Crippen LogP contribution < -0.4 is 19.5 Å². The van der Waals surface area contributed by atoms with Crippen molar-refractivity contribution in [1.29, 1.82) is 0 Å². The van der Waals surface area contributed by atoms with Gasteiger partial charge in [-0.05, 0) is 42.7 Å². The minimum absolute atomic E-state index is 0.0367. The van der Waals surface area contributed by atoms with Crippen molar-refractivity contribution < 1.29 is 27.4 Å². The van der Waals surface area contributed by atoms with Crippen molar-refractivity contribution in [3.8, 4) is 17.2 Å². The molecule has 1 aliphatic rings. The third-order valence-electron chi connectivity index (χ3n) is 5.38. The highest BCUT2D eigenvalue weighted by Crippen LogP contribution is 2.40. The molecule has 1 fully saturated rings. The molecule has 0 spiro atoms. The highest BCUT2D eigenvalue weighted by Gasteiger charge is 2.21. The number of benzene rings is 2. The van der Waals surface area contributed by atoms with E-state index in [1.807, 2.05) is 18.0 Å². The molecule has 0 unspecified atom stereocenters. The number of hydrogen-bond acceptors (Lipinski definition) is 6. The summed E-state index contributed by atoms with van der Waals surface area (Å²) in [5.74, 6) is 1.79. The minimum Gasteiger partial charge on any atom is -0.493 e. The smallest absolute Gasteiger partial charge is 0.284 e. The molecule has 1 amide bonds. The predicted molar refractivity (Wildman–Crippen MR) is 126 cm³/mol. The number of hydrogen-bond donors (Lipinski definition) is 1. The van der Waals surface area contributed by atoms with E-state index in [0.29, 0.717) is 41.6 Å². The average Bonchev–Trinajstić information content (AvgIpc) is 3.20. The van der Waals surface area contributed by atoms with E-state index < -0.39 is 10.0 Å². The highest BCUT2D eigenvalue weighted by molar-refractivity contribution is 7.90. The molecule has 1 saturated heterocycles. The molecule has 0 saturated carbocycles. The molecule has 178 valence electrons. The first-order valence-electron chi connectivity index (χ1n) is 10.5. The van der Waals surface area contributed by atoms with E-state index in [9.17, 15) is 13.2 Å². The molecule has 2 aromatic rings. The largest absolute Gasteiger partial charge is 0.493 e. The fourth-order valence-corrected chi connectivity index (χ4v) is 4.81. The summed E-state index contributed by atoms with van der Waals surface area (Å²) >= 11 is 0. The van der Waals surface area contributed by atoms with E-state index in [2.05, 4.69) is 9.71 Å². The second kappa shape index (κ2) is 10.6. The molecular weight excluding hydrogens is 446 g/mol. The molecule has 33 heavy (non-hydrogen) atoms. The zero-order chi connectivity index (χ0) is 24.0. The van der Waals surface area contributed by atoms with Crippen molar-refractivity contribution in [3.05, 3.63) is 42.0 Å². The fourth-order valence-electron chi connectivity index (χ4n) is 3.67. The van der Waals surface area contributed by atoms with Gasteiger partial charge >= 0.3 is 0 Å². The zero-order valence-electron chi connectivity index (χ0n) is 19.3. The van der Waals surface area contributed by atoms with E-state index in [0.717, 1.165) is 18.5 Å². The standard InChI is InChI=1S/C23H29N3O6S/c1-26-14-6-9-20(26)25-33(28,29)18-8-5-7-17(15-18)24-21(27)13-11-16-10-12-19(30-2)23(32-4)22(16)31-3/h5,7-8,10,12,15H,6,9,11,13-14H2,1-4H3,(H,24,27). The van der Waals surface area contributed by atoms with E-state index in [-0.39, 0.29) is 17.2 Å². The SMILES string of the molecule is COc1ccc(CCC(=O)Nc2cccc(S(=O)(=O)N=C3CCCN3C)c2)c(OC)c1OC. The van der Waals surface area contributed by atoms with Crippen LogP contribution >= 0.6 is 0 Å². The van der Waals surface area contributed by atoms with Crippen LogP contribution in [-0.4, -0.2) is 60.0 Å². The van der Waals surface area contributed by atoms with Gasteiger partial charge < -0.3 is 24.4 Å². The number of likely N-dealkylation sites (tertiary alicyclic amines) is 1. The lowest BCUT2D eigenvalue weighted by Crippen LogP contribution is -2.20. The molecule has 0 bridgehead atoms. The topological polar surface area (TPSA) is 107 Å². The Hall–Kier alpha value is -3.27. The van der Waals surface area contributed by atoms with Gasteiger partial charge in [-0.25, -0.2) is 0 Å². The summed E-state index contributed by atoms with van der Waals surface area (Å²) in [4.78, 5) is 14.4. The lowest BCUT2D eigenvalue weighted by atomic mass is 10.1. The van der Waals surface area contributed by atoms with Gasteiger partial charge in [-0.1, -0.05) is 12.1 Å². The Morgan fingerprint density at radius 2 is 1.85 bits per heavy atom. The van der Waals surface area contributed by atoms with E-state index in [1.54, 1.807) is 18.2 Å². The van der Waals surface area contributed by atoms with E-state index in [4.69, 9.17) is 14.2 Å². The minimum atomic E-state index is -3.86. The van der Waals surface area contributed by atoms with E-state index in [1.165, 1.54) is 33.5 Å².